The molecular weight excluding hydrogens is 326 g/mol. The van der Waals surface area contributed by atoms with Gasteiger partial charge in [-0.25, -0.2) is 0 Å². The molecule has 7 heteroatoms. The van der Waals surface area contributed by atoms with Crippen molar-refractivity contribution >= 4 is 16.7 Å². The third-order valence-corrected chi connectivity index (χ3v) is 4.22. The molecule has 0 bridgehead atoms. The van der Waals surface area contributed by atoms with E-state index in [-0.39, 0.29) is 0 Å². The van der Waals surface area contributed by atoms with Gasteiger partial charge < -0.3 is 30.1 Å². The summed E-state index contributed by atoms with van der Waals surface area (Å²) in [6.07, 6.45) is -4.73. The minimum Gasteiger partial charge on any atom is -0.463 e. The Labute approximate surface area is 144 Å². The fraction of sp³-hybridized carbons (Fsp3) is 0.389. The molecule has 0 spiro atoms. The molecule has 4 N–H and O–H groups in total. The third kappa shape index (κ3) is 3.74. The van der Waals surface area contributed by atoms with Crippen LogP contribution in [0.1, 0.15) is 6.92 Å². The second-order valence-electron chi connectivity index (χ2n) is 6.06. The van der Waals surface area contributed by atoms with Crippen LogP contribution in [-0.4, -0.2) is 58.5 Å². The summed E-state index contributed by atoms with van der Waals surface area (Å²) in [6.45, 7) is 0.812. The fourth-order valence-electron chi connectivity index (χ4n) is 2.95. The number of benzene rings is 2. The van der Waals surface area contributed by atoms with Crippen LogP contribution in [0.4, 0.5) is 0 Å². The highest BCUT2D eigenvalue weighted by Crippen LogP contribution is 2.26. The van der Waals surface area contributed by atoms with Gasteiger partial charge in [0.1, 0.15) is 30.1 Å². The van der Waals surface area contributed by atoms with E-state index in [4.69, 9.17) is 9.47 Å². The van der Waals surface area contributed by atoms with Gasteiger partial charge in [0.25, 0.3) is 0 Å². The molecule has 2 aromatic carbocycles. The van der Waals surface area contributed by atoms with Crippen molar-refractivity contribution in [3.8, 4) is 5.75 Å². The molecule has 0 aliphatic carbocycles. The molecule has 1 aliphatic rings. The van der Waals surface area contributed by atoms with Crippen molar-refractivity contribution in [2.75, 3.05) is 6.61 Å². The monoisotopic (exact) mass is 347 g/mol. The zero-order valence-corrected chi connectivity index (χ0v) is 13.7. The number of carbonyl (C=O) groups excluding carboxylic acids is 1. The van der Waals surface area contributed by atoms with Gasteiger partial charge in [-0.15, -0.1) is 0 Å². The Kier molecular flexibility index (Phi) is 5.19. The number of aliphatic hydroxyl groups excluding tert-OH is 3. The van der Waals surface area contributed by atoms with Crippen LogP contribution >= 0.6 is 0 Å². The number of nitrogens with one attached hydrogen (secondary N) is 1. The Hall–Kier alpha value is -2.19. The largest absolute Gasteiger partial charge is 0.463 e. The number of amides is 1. The smallest absolute Gasteiger partial charge is 0.223 e. The van der Waals surface area contributed by atoms with Gasteiger partial charge >= 0.3 is 0 Å². The average Bonchev–Trinajstić information content (AvgIpc) is 2.61. The van der Waals surface area contributed by atoms with Crippen LogP contribution in [0, 0.1) is 0 Å². The van der Waals surface area contributed by atoms with Gasteiger partial charge in [0.15, 0.2) is 0 Å². The SMILES string of the molecule is CC(=O)N[C@H]1[C@H](Oc2ccc3ccccc3c2)O[C@H](CO)[C@@H](O)[C@@H]1O. The van der Waals surface area contributed by atoms with E-state index in [0.29, 0.717) is 5.75 Å². The molecule has 1 heterocycles. The normalized spacial score (nSPS) is 29.4. The van der Waals surface area contributed by atoms with Crippen molar-refractivity contribution in [2.45, 2.75) is 37.6 Å². The molecular formula is C18H21NO6. The second-order valence-corrected chi connectivity index (χ2v) is 6.06. The number of aliphatic hydroxyl groups is 3. The molecule has 1 aliphatic heterocycles. The van der Waals surface area contributed by atoms with Crippen LogP contribution in [0.5, 0.6) is 5.75 Å². The number of carbonyl (C=O) groups is 1. The third-order valence-electron chi connectivity index (χ3n) is 4.22. The minimum absolute atomic E-state index is 0.394. The highest BCUT2D eigenvalue weighted by molar-refractivity contribution is 5.83. The van der Waals surface area contributed by atoms with E-state index in [1.54, 1.807) is 6.07 Å². The highest BCUT2D eigenvalue weighted by atomic mass is 16.7. The lowest BCUT2D eigenvalue weighted by Gasteiger charge is -2.42. The predicted octanol–water partition coefficient (Wildman–Crippen LogP) is 0.162. The topological polar surface area (TPSA) is 108 Å². The quantitative estimate of drug-likeness (QED) is 0.628. The lowest BCUT2D eigenvalue weighted by atomic mass is 9.97. The number of hydrogen-bond donors (Lipinski definition) is 4. The summed E-state index contributed by atoms with van der Waals surface area (Å²) in [5.41, 5.74) is 0. The van der Waals surface area contributed by atoms with E-state index in [1.807, 2.05) is 36.4 Å². The Morgan fingerprint density at radius 2 is 1.88 bits per heavy atom. The standard InChI is InChI=1S/C18H21NO6/c1-10(21)19-15-17(23)16(22)14(9-20)25-18(15)24-13-7-6-11-4-2-3-5-12(11)8-13/h2-8,14-18,20,22-23H,9H2,1H3,(H,19,21)/t14-,15-,16-,17-,18-/m1/s1. The number of rotatable bonds is 4. The summed E-state index contributed by atoms with van der Waals surface area (Å²) in [5.74, 6) is 0.0914. The summed E-state index contributed by atoms with van der Waals surface area (Å²) in [5, 5.41) is 34.2. The van der Waals surface area contributed by atoms with Crippen LogP contribution in [0.3, 0.4) is 0 Å². The lowest BCUT2D eigenvalue weighted by molar-refractivity contribution is -0.244. The average molecular weight is 347 g/mol. The Bertz CT molecular complexity index is 751. The first kappa shape index (κ1) is 17.6. The summed E-state index contributed by atoms with van der Waals surface area (Å²) in [6, 6.07) is 12.2. The maximum atomic E-state index is 11.4. The van der Waals surface area contributed by atoms with Gasteiger partial charge in [0.05, 0.1) is 6.61 Å². The highest BCUT2D eigenvalue weighted by Gasteiger charge is 2.46. The molecule has 1 amide bonds. The lowest BCUT2D eigenvalue weighted by Crippen LogP contribution is -2.65. The molecule has 134 valence electrons. The van der Waals surface area contributed by atoms with E-state index in [2.05, 4.69) is 5.32 Å². The van der Waals surface area contributed by atoms with Crippen LogP contribution < -0.4 is 10.1 Å². The maximum Gasteiger partial charge on any atom is 0.223 e. The zero-order chi connectivity index (χ0) is 18.0. The van der Waals surface area contributed by atoms with Crippen molar-refractivity contribution in [1.82, 2.24) is 5.32 Å². The number of hydrogen-bond acceptors (Lipinski definition) is 6. The molecule has 2 aromatic rings. The van der Waals surface area contributed by atoms with Crippen LogP contribution in [0.15, 0.2) is 42.5 Å². The van der Waals surface area contributed by atoms with Gasteiger partial charge in [0.2, 0.25) is 12.2 Å². The van der Waals surface area contributed by atoms with Crippen molar-refractivity contribution in [2.24, 2.45) is 0 Å². The van der Waals surface area contributed by atoms with Crippen molar-refractivity contribution in [3.05, 3.63) is 42.5 Å². The first-order valence-corrected chi connectivity index (χ1v) is 8.04. The summed E-state index contributed by atoms with van der Waals surface area (Å²) in [4.78, 5) is 11.4. The van der Waals surface area contributed by atoms with Gasteiger partial charge in [-0.05, 0) is 22.9 Å². The number of ether oxygens (including phenoxy) is 2. The van der Waals surface area contributed by atoms with E-state index in [9.17, 15) is 20.1 Å². The van der Waals surface area contributed by atoms with Crippen LogP contribution in [0.25, 0.3) is 10.8 Å². The van der Waals surface area contributed by atoms with Gasteiger partial charge in [-0.3, -0.25) is 4.79 Å². The molecule has 1 fully saturated rings. The molecule has 1 saturated heterocycles. The van der Waals surface area contributed by atoms with E-state index in [0.717, 1.165) is 10.8 Å². The van der Waals surface area contributed by atoms with Gasteiger partial charge in [0, 0.05) is 6.92 Å². The first-order valence-electron chi connectivity index (χ1n) is 8.04. The zero-order valence-electron chi connectivity index (χ0n) is 13.7. The minimum atomic E-state index is -1.33. The molecule has 0 radical (unpaired) electrons. The second kappa shape index (κ2) is 7.37. The molecule has 0 aromatic heterocycles. The molecule has 3 rings (SSSR count). The molecule has 5 atom stereocenters. The molecule has 7 nitrogen and oxygen atoms in total. The van der Waals surface area contributed by atoms with Gasteiger partial charge in [-0.2, -0.15) is 0 Å². The van der Waals surface area contributed by atoms with Crippen molar-refractivity contribution in [1.29, 1.82) is 0 Å². The first-order chi connectivity index (χ1) is 12.0. The summed E-state index contributed by atoms with van der Waals surface area (Å²) >= 11 is 0. The van der Waals surface area contributed by atoms with Crippen LogP contribution in [0.2, 0.25) is 0 Å². The van der Waals surface area contributed by atoms with E-state index < -0.39 is 43.2 Å². The molecule has 25 heavy (non-hydrogen) atoms. The van der Waals surface area contributed by atoms with E-state index >= 15 is 0 Å². The number of fused-ring (bicyclic) bond motifs is 1. The molecule has 0 saturated carbocycles. The van der Waals surface area contributed by atoms with Crippen molar-refractivity contribution in [3.63, 3.8) is 0 Å². The molecule has 0 unspecified atom stereocenters. The summed E-state index contributed by atoms with van der Waals surface area (Å²) < 4.78 is 11.4. The predicted molar refractivity (Wildman–Crippen MR) is 89.9 cm³/mol. The van der Waals surface area contributed by atoms with E-state index in [1.165, 1.54) is 6.92 Å². The summed E-state index contributed by atoms with van der Waals surface area (Å²) in [7, 11) is 0. The Balaban J connectivity index is 1.86. The van der Waals surface area contributed by atoms with Crippen LogP contribution in [-0.2, 0) is 9.53 Å². The maximum absolute atomic E-state index is 11.4. The Morgan fingerprint density at radius 3 is 2.56 bits per heavy atom. The Morgan fingerprint density at radius 1 is 1.16 bits per heavy atom. The van der Waals surface area contributed by atoms with Crippen molar-refractivity contribution < 1.29 is 29.6 Å². The fourth-order valence-corrected chi connectivity index (χ4v) is 2.95. The van der Waals surface area contributed by atoms with Gasteiger partial charge in [-0.1, -0.05) is 30.3 Å².